The summed E-state index contributed by atoms with van der Waals surface area (Å²) in [7, 11) is 2.04. The second-order valence-electron chi connectivity index (χ2n) is 6.66. The van der Waals surface area contributed by atoms with Gasteiger partial charge in [0.1, 0.15) is 6.61 Å². The molecule has 1 aliphatic rings. The van der Waals surface area contributed by atoms with Crippen LogP contribution in [-0.2, 0) is 6.54 Å². The van der Waals surface area contributed by atoms with Gasteiger partial charge in [0, 0.05) is 27.7 Å². The number of nitrogens with zero attached hydrogens (tertiary/aromatic N) is 3. The Bertz CT molecular complexity index is 1010. The fourth-order valence-corrected chi connectivity index (χ4v) is 4.27. The van der Waals surface area contributed by atoms with Crippen molar-refractivity contribution in [1.82, 2.24) is 9.29 Å². The molecule has 4 rings (SSSR count). The van der Waals surface area contributed by atoms with Crippen LogP contribution >= 0.6 is 27.9 Å². The Kier molecular flexibility index (Phi) is 6.18. The van der Waals surface area contributed by atoms with Gasteiger partial charge in [-0.3, -0.25) is 9.69 Å². The number of benzene rings is 2. The van der Waals surface area contributed by atoms with E-state index in [-0.39, 0.29) is 5.91 Å². The predicted octanol–water partition coefficient (Wildman–Crippen LogP) is 5.02. The lowest BCUT2D eigenvalue weighted by Crippen LogP contribution is -2.38. The van der Waals surface area contributed by atoms with Crippen molar-refractivity contribution in [2.45, 2.75) is 11.4 Å². The van der Waals surface area contributed by atoms with Crippen molar-refractivity contribution in [3.05, 3.63) is 82.5 Å². The quantitative estimate of drug-likeness (QED) is 0.490. The van der Waals surface area contributed by atoms with Crippen molar-refractivity contribution in [1.29, 1.82) is 0 Å². The summed E-state index contributed by atoms with van der Waals surface area (Å²) in [6.45, 7) is 1.68. The third-order valence-corrected chi connectivity index (χ3v) is 5.93. The normalized spacial score (nSPS) is 13.1. The predicted molar refractivity (Wildman–Crippen MR) is 119 cm³/mol. The van der Waals surface area contributed by atoms with Crippen LogP contribution in [-0.4, -0.2) is 35.4 Å². The average molecular weight is 470 g/mol. The lowest BCUT2D eigenvalue weighted by atomic mass is 10.1. The van der Waals surface area contributed by atoms with E-state index >= 15 is 0 Å². The van der Waals surface area contributed by atoms with Crippen LogP contribution in [0.4, 0.5) is 5.82 Å². The fraction of sp³-hybridized carbons (Fsp3) is 0.182. The molecular formula is C22H20BrN3O2S. The summed E-state index contributed by atoms with van der Waals surface area (Å²) in [5.74, 6) is 1.17. The van der Waals surface area contributed by atoms with E-state index in [0.29, 0.717) is 30.3 Å². The van der Waals surface area contributed by atoms with Crippen molar-refractivity contribution in [3.8, 4) is 5.75 Å². The number of hydrogen-bond acceptors (Lipinski definition) is 5. The summed E-state index contributed by atoms with van der Waals surface area (Å²) in [5.41, 5.74) is 1.74. The van der Waals surface area contributed by atoms with Gasteiger partial charge in [-0.25, -0.2) is 9.29 Å². The van der Waals surface area contributed by atoms with Crippen LogP contribution in [0.2, 0.25) is 0 Å². The van der Waals surface area contributed by atoms with E-state index in [9.17, 15) is 4.79 Å². The summed E-state index contributed by atoms with van der Waals surface area (Å²) in [6, 6.07) is 19.7. The average Bonchev–Trinajstić information content (AvgIpc) is 2.74. The maximum atomic E-state index is 13.1. The highest BCUT2D eigenvalue weighted by Gasteiger charge is 2.25. The van der Waals surface area contributed by atoms with Crippen molar-refractivity contribution < 1.29 is 9.53 Å². The van der Waals surface area contributed by atoms with Gasteiger partial charge in [0.05, 0.1) is 6.54 Å². The molecule has 2 heterocycles. The summed E-state index contributed by atoms with van der Waals surface area (Å²) < 4.78 is 8.83. The number of aromatic nitrogens is 1. The number of carbonyl (C=O) groups excluding carboxylic acids is 1. The van der Waals surface area contributed by atoms with Crippen LogP contribution in [0.3, 0.4) is 0 Å². The molecule has 148 valence electrons. The lowest BCUT2D eigenvalue weighted by molar-refractivity contribution is 0.0975. The second kappa shape index (κ2) is 8.98. The molecule has 0 N–H and O–H groups in total. The Morgan fingerprint density at radius 3 is 2.86 bits per heavy atom. The number of anilines is 1. The van der Waals surface area contributed by atoms with Crippen LogP contribution in [0, 0.1) is 0 Å². The summed E-state index contributed by atoms with van der Waals surface area (Å²) >= 11 is 5.13. The summed E-state index contributed by atoms with van der Waals surface area (Å²) in [5, 5.41) is 0. The third kappa shape index (κ3) is 4.80. The van der Waals surface area contributed by atoms with E-state index in [1.807, 2.05) is 55.6 Å². The van der Waals surface area contributed by atoms with Crippen molar-refractivity contribution in [3.63, 3.8) is 0 Å². The van der Waals surface area contributed by atoms with Gasteiger partial charge in [-0.15, -0.1) is 0 Å². The molecule has 0 saturated heterocycles. The Morgan fingerprint density at radius 1 is 1.21 bits per heavy atom. The molecule has 0 atom stereocenters. The number of pyridine rings is 1. The van der Waals surface area contributed by atoms with Crippen LogP contribution < -0.4 is 9.64 Å². The van der Waals surface area contributed by atoms with Crippen LogP contribution in [0.5, 0.6) is 5.75 Å². The molecule has 0 radical (unpaired) electrons. The van der Waals surface area contributed by atoms with Gasteiger partial charge in [-0.1, -0.05) is 28.1 Å². The Labute approximate surface area is 183 Å². The Morgan fingerprint density at radius 2 is 2.03 bits per heavy atom. The third-order valence-electron chi connectivity index (χ3n) is 4.48. The van der Waals surface area contributed by atoms with Gasteiger partial charge in [0.2, 0.25) is 0 Å². The standard InChI is InChI=1S/C22H20BrN3O2S/c1-25(29-19-9-7-18(23)8-10-19)15-16-4-2-5-17(14-16)22(27)26-12-13-28-20-6-3-11-24-21(20)26/h2-11,14H,12-13,15H2,1H3. The molecule has 1 amide bonds. The maximum absolute atomic E-state index is 13.1. The van der Waals surface area contributed by atoms with Gasteiger partial charge in [-0.2, -0.15) is 0 Å². The zero-order chi connectivity index (χ0) is 20.2. The van der Waals surface area contributed by atoms with E-state index in [4.69, 9.17) is 4.74 Å². The first kappa shape index (κ1) is 19.9. The van der Waals surface area contributed by atoms with E-state index in [0.717, 1.165) is 16.6 Å². The van der Waals surface area contributed by atoms with Gasteiger partial charge in [0.15, 0.2) is 11.6 Å². The minimum absolute atomic E-state index is 0.0571. The van der Waals surface area contributed by atoms with E-state index < -0.39 is 0 Å². The molecule has 1 aliphatic heterocycles. The summed E-state index contributed by atoms with van der Waals surface area (Å²) in [4.78, 5) is 20.3. The largest absolute Gasteiger partial charge is 0.488 e. The zero-order valence-electron chi connectivity index (χ0n) is 15.9. The fourth-order valence-electron chi connectivity index (χ4n) is 3.17. The first-order valence-corrected chi connectivity index (χ1v) is 10.8. The molecule has 5 nitrogen and oxygen atoms in total. The summed E-state index contributed by atoms with van der Waals surface area (Å²) in [6.07, 6.45) is 1.68. The number of amides is 1. The molecule has 0 bridgehead atoms. The highest BCUT2D eigenvalue weighted by molar-refractivity contribution is 9.10. The number of ether oxygens (including phenoxy) is 1. The molecule has 0 unspecified atom stereocenters. The molecule has 29 heavy (non-hydrogen) atoms. The van der Waals surface area contributed by atoms with Gasteiger partial charge < -0.3 is 4.74 Å². The lowest BCUT2D eigenvalue weighted by Gasteiger charge is -2.28. The number of halogens is 1. The zero-order valence-corrected chi connectivity index (χ0v) is 18.3. The molecule has 0 fully saturated rings. The van der Waals surface area contributed by atoms with Crippen LogP contribution in [0.25, 0.3) is 0 Å². The smallest absolute Gasteiger partial charge is 0.259 e. The highest BCUT2D eigenvalue weighted by Crippen LogP contribution is 2.30. The SMILES string of the molecule is CN(Cc1cccc(C(=O)N2CCOc3cccnc32)c1)Sc1ccc(Br)cc1. The van der Waals surface area contributed by atoms with E-state index in [2.05, 4.69) is 37.4 Å². The van der Waals surface area contributed by atoms with E-state index in [1.165, 1.54) is 4.90 Å². The minimum atomic E-state index is -0.0571. The Hall–Kier alpha value is -2.35. The van der Waals surface area contributed by atoms with Crippen LogP contribution in [0.1, 0.15) is 15.9 Å². The Balaban J connectivity index is 1.47. The van der Waals surface area contributed by atoms with Crippen molar-refractivity contribution in [2.75, 3.05) is 25.1 Å². The van der Waals surface area contributed by atoms with Gasteiger partial charge in [0.25, 0.3) is 5.91 Å². The monoisotopic (exact) mass is 469 g/mol. The number of hydrogen-bond donors (Lipinski definition) is 0. The first-order valence-electron chi connectivity index (χ1n) is 9.23. The highest BCUT2D eigenvalue weighted by atomic mass is 79.9. The first-order chi connectivity index (χ1) is 14.1. The number of fused-ring (bicyclic) bond motifs is 1. The molecule has 1 aromatic heterocycles. The van der Waals surface area contributed by atoms with Gasteiger partial charge in [-0.05, 0) is 73.1 Å². The molecule has 3 aromatic rings. The molecule has 2 aromatic carbocycles. The second-order valence-corrected chi connectivity index (χ2v) is 8.85. The van der Waals surface area contributed by atoms with Crippen molar-refractivity contribution >= 4 is 39.6 Å². The maximum Gasteiger partial charge on any atom is 0.259 e. The molecular weight excluding hydrogens is 450 g/mol. The molecule has 7 heteroatoms. The minimum Gasteiger partial charge on any atom is -0.488 e. The topological polar surface area (TPSA) is 45.7 Å². The van der Waals surface area contributed by atoms with E-state index in [1.54, 1.807) is 23.0 Å². The molecule has 0 aliphatic carbocycles. The number of carbonyl (C=O) groups is 1. The molecule has 0 saturated carbocycles. The van der Waals surface area contributed by atoms with Crippen LogP contribution in [0.15, 0.2) is 76.2 Å². The van der Waals surface area contributed by atoms with Gasteiger partial charge >= 0.3 is 0 Å². The van der Waals surface area contributed by atoms with Crippen molar-refractivity contribution in [2.24, 2.45) is 0 Å². The number of rotatable bonds is 5. The molecule has 0 spiro atoms.